The highest BCUT2D eigenvalue weighted by Gasteiger charge is 2.18. The molecule has 4 heteroatoms. The molecule has 66 valence electrons. The topological polar surface area (TPSA) is 58.7 Å². The molecule has 0 aromatic carbocycles. The smallest absolute Gasteiger partial charge is 0.291 e. The van der Waals surface area contributed by atoms with Gasteiger partial charge in [-0.25, -0.2) is 0 Å². The molecule has 0 saturated carbocycles. The van der Waals surface area contributed by atoms with Gasteiger partial charge in [-0.1, -0.05) is 0 Å². The van der Waals surface area contributed by atoms with Crippen LogP contribution in [-0.4, -0.2) is 9.55 Å². The van der Waals surface area contributed by atoms with Crippen LogP contribution in [0.4, 0.5) is 0 Å². The van der Waals surface area contributed by atoms with Gasteiger partial charge in [-0.2, -0.15) is 10.2 Å². The van der Waals surface area contributed by atoms with Crippen LogP contribution in [0.5, 0.6) is 0 Å². The summed E-state index contributed by atoms with van der Waals surface area (Å²) in [5.41, 5.74) is 0.705. The molecule has 0 unspecified atom stereocenters. The Labute approximate surface area is 75.5 Å². The van der Waals surface area contributed by atoms with Crippen molar-refractivity contribution < 1.29 is 0 Å². The monoisotopic (exact) mass is 175 g/mol. The van der Waals surface area contributed by atoms with Gasteiger partial charge in [0.25, 0.3) is 5.56 Å². The second kappa shape index (κ2) is 2.70. The van der Waals surface area contributed by atoms with Crippen LogP contribution >= 0.6 is 0 Å². The van der Waals surface area contributed by atoms with Gasteiger partial charge in [-0.05, 0) is 19.8 Å². The molecular formula is C9H9N3O. The average molecular weight is 175 g/mol. The quantitative estimate of drug-likeness (QED) is 0.572. The van der Waals surface area contributed by atoms with Crippen LogP contribution in [0, 0.1) is 18.3 Å². The SMILES string of the molecule is Cc1nc(=O)c(C#N)c2n1CCC2. The van der Waals surface area contributed by atoms with Crippen molar-refractivity contribution in [3.05, 3.63) is 27.4 Å². The number of aromatic nitrogens is 2. The van der Waals surface area contributed by atoms with Crippen LogP contribution < -0.4 is 5.56 Å². The second-order valence-corrected chi connectivity index (χ2v) is 3.15. The van der Waals surface area contributed by atoms with Crippen LogP contribution in [0.15, 0.2) is 4.79 Å². The molecule has 0 atom stereocenters. The first kappa shape index (κ1) is 7.99. The molecule has 1 aromatic heterocycles. The molecule has 1 aromatic rings. The first-order valence-corrected chi connectivity index (χ1v) is 4.24. The first-order chi connectivity index (χ1) is 6.24. The summed E-state index contributed by atoms with van der Waals surface area (Å²) in [5.74, 6) is 0.719. The minimum atomic E-state index is -0.381. The van der Waals surface area contributed by atoms with Gasteiger partial charge in [0.05, 0.1) is 0 Å². The predicted octanol–water partition coefficient (Wildman–Crippen LogP) is 0.370. The molecule has 0 bridgehead atoms. The van der Waals surface area contributed by atoms with E-state index in [0.717, 1.165) is 30.9 Å². The van der Waals surface area contributed by atoms with Gasteiger partial charge in [-0.15, -0.1) is 0 Å². The maximum atomic E-state index is 11.3. The fraction of sp³-hybridized carbons (Fsp3) is 0.444. The summed E-state index contributed by atoms with van der Waals surface area (Å²) in [5, 5.41) is 8.77. The average Bonchev–Trinajstić information content (AvgIpc) is 2.53. The molecule has 1 aliphatic rings. The van der Waals surface area contributed by atoms with Gasteiger partial charge in [-0.3, -0.25) is 4.79 Å². The third kappa shape index (κ3) is 1.04. The van der Waals surface area contributed by atoms with Crippen LogP contribution in [0.25, 0.3) is 0 Å². The minimum Gasteiger partial charge on any atom is -0.332 e. The standard InChI is InChI=1S/C9H9N3O/c1-6-11-9(13)7(5-10)8-3-2-4-12(6)8/h2-4H2,1H3. The number of hydrogen-bond acceptors (Lipinski definition) is 3. The molecule has 0 aliphatic carbocycles. The van der Waals surface area contributed by atoms with E-state index in [2.05, 4.69) is 4.98 Å². The summed E-state index contributed by atoms with van der Waals surface area (Å²) in [6, 6.07) is 1.93. The second-order valence-electron chi connectivity index (χ2n) is 3.15. The summed E-state index contributed by atoms with van der Waals surface area (Å²) in [4.78, 5) is 15.1. The highest BCUT2D eigenvalue weighted by atomic mass is 16.1. The van der Waals surface area contributed by atoms with Crippen LogP contribution in [0.3, 0.4) is 0 Å². The zero-order valence-electron chi connectivity index (χ0n) is 7.37. The first-order valence-electron chi connectivity index (χ1n) is 4.24. The highest BCUT2D eigenvalue weighted by molar-refractivity contribution is 5.33. The fourth-order valence-corrected chi connectivity index (χ4v) is 1.79. The van der Waals surface area contributed by atoms with Crippen LogP contribution in [0.1, 0.15) is 23.5 Å². The Hall–Kier alpha value is -1.63. The van der Waals surface area contributed by atoms with Gasteiger partial charge >= 0.3 is 0 Å². The highest BCUT2D eigenvalue weighted by Crippen LogP contribution is 2.16. The van der Waals surface area contributed by atoms with Gasteiger partial charge in [0.1, 0.15) is 17.5 Å². The molecule has 4 nitrogen and oxygen atoms in total. The van der Waals surface area contributed by atoms with Crippen molar-refractivity contribution in [3.8, 4) is 6.07 Å². The number of fused-ring (bicyclic) bond motifs is 1. The van der Waals surface area contributed by atoms with Crippen LogP contribution in [-0.2, 0) is 13.0 Å². The Balaban J connectivity index is 2.82. The predicted molar refractivity (Wildman–Crippen MR) is 46.3 cm³/mol. The molecule has 0 radical (unpaired) electrons. The Bertz CT molecular complexity index is 453. The lowest BCUT2D eigenvalue weighted by molar-refractivity contribution is 0.693. The minimum absolute atomic E-state index is 0.225. The molecule has 0 fully saturated rings. The lowest BCUT2D eigenvalue weighted by Gasteiger charge is -2.06. The lowest BCUT2D eigenvalue weighted by Crippen LogP contribution is -2.20. The zero-order valence-corrected chi connectivity index (χ0v) is 7.37. The van der Waals surface area contributed by atoms with E-state index >= 15 is 0 Å². The third-order valence-corrected chi connectivity index (χ3v) is 2.39. The van der Waals surface area contributed by atoms with Crippen molar-refractivity contribution in [1.82, 2.24) is 9.55 Å². The maximum absolute atomic E-state index is 11.3. The number of rotatable bonds is 0. The molecule has 0 saturated heterocycles. The van der Waals surface area contributed by atoms with E-state index in [9.17, 15) is 4.79 Å². The van der Waals surface area contributed by atoms with E-state index in [1.165, 1.54) is 0 Å². The van der Waals surface area contributed by atoms with Crippen molar-refractivity contribution in [1.29, 1.82) is 5.26 Å². The zero-order chi connectivity index (χ0) is 9.42. The molecular weight excluding hydrogens is 166 g/mol. The number of hydrogen-bond donors (Lipinski definition) is 0. The fourth-order valence-electron chi connectivity index (χ4n) is 1.79. The molecule has 1 aliphatic heterocycles. The Morgan fingerprint density at radius 2 is 2.38 bits per heavy atom. The van der Waals surface area contributed by atoms with E-state index < -0.39 is 0 Å². The number of nitrogens with zero attached hydrogens (tertiary/aromatic N) is 3. The summed E-state index contributed by atoms with van der Waals surface area (Å²) in [6.07, 6.45) is 1.82. The Morgan fingerprint density at radius 1 is 1.62 bits per heavy atom. The van der Waals surface area contributed by atoms with E-state index in [0.29, 0.717) is 0 Å². The Morgan fingerprint density at radius 3 is 3.08 bits per heavy atom. The molecule has 2 heterocycles. The molecule has 2 rings (SSSR count). The number of nitriles is 1. The van der Waals surface area contributed by atoms with Crippen molar-refractivity contribution in [2.24, 2.45) is 0 Å². The van der Waals surface area contributed by atoms with Crippen molar-refractivity contribution >= 4 is 0 Å². The molecule has 0 amide bonds. The number of aryl methyl sites for hydroxylation is 1. The summed E-state index contributed by atoms with van der Waals surface area (Å²) in [7, 11) is 0. The molecule has 13 heavy (non-hydrogen) atoms. The summed E-state index contributed by atoms with van der Waals surface area (Å²) < 4.78 is 1.96. The van der Waals surface area contributed by atoms with Gasteiger partial charge < -0.3 is 4.57 Å². The van der Waals surface area contributed by atoms with E-state index in [1.54, 1.807) is 6.92 Å². The lowest BCUT2D eigenvalue weighted by atomic mass is 10.2. The third-order valence-electron chi connectivity index (χ3n) is 2.39. The van der Waals surface area contributed by atoms with Crippen LogP contribution in [0.2, 0.25) is 0 Å². The van der Waals surface area contributed by atoms with Crippen molar-refractivity contribution in [2.45, 2.75) is 26.3 Å². The molecule has 0 N–H and O–H groups in total. The Kier molecular flexibility index (Phi) is 1.66. The largest absolute Gasteiger partial charge is 0.332 e. The van der Waals surface area contributed by atoms with Gasteiger partial charge in [0, 0.05) is 12.2 Å². The summed E-state index contributed by atoms with van der Waals surface area (Å²) >= 11 is 0. The van der Waals surface area contributed by atoms with Crippen molar-refractivity contribution in [2.75, 3.05) is 0 Å². The van der Waals surface area contributed by atoms with Gasteiger partial charge in [0.2, 0.25) is 0 Å². The normalized spacial score (nSPS) is 13.8. The molecule has 0 spiro atoms. The van der Waals surface area contributed by atoms with Crippen molar-refractivity contribution in [3.63, 3.8) is 0 Å². The summed E-state index contributed by atoms with van der Waals surface area (Å²) in [6.45, 7) is 2.68. The maximum Gasteiger partial charge on any atom is 0.291 e. The van der Waals surface area contributed by atoms with E-state index in [1.807, 2.05) is 10.6 Å². The van der Waals surface area contributed by atoms with Gasteiger partial charge in [0.15, 0.2) is 0 Å². The van der Waals surface area contributed by atoms with E-state index in [-0.39, 0.29) is 11.1 Å². The van der Waals surface area contributed by atoms with E-state index in [4.69, 9.17) is 5.26 Å².